The summed E-state index contributed by atoms with van der Waals surface area (Å²) in [4.78, 5) is 11.4. The second kappa shape index (κ2) is 9.35. The van der Waals surface area contributed by atoms with Crippen LogP contribution in [0, 0.1) is 6.92 Å². The van der Waals surface area contributed by atoms with Crippen LogP contribution < -0.4 is 10.6 Å². The largest absolute Gasteiger partial charge is 0.382 e. The van der Waals surface area contributed by atoms with Crippen molar-refractivity contribution in [2.75, 3.05) is 33.6 Å². The van der Waals surface area contributed by atoms with Gasteiger partial charge < -0.3 is 20.1 Å². The molecule has 0 heterocycles. The van der Waals surface area contributed by atoms with Gasteiger partial charge >= 0.3 is 6.03 Å². The number of ether oxygens (including phenoxy) is 2. The maximum atomic E-state index is 11.4. The monoisotopic (exact) mass is 266 g/mol. The van der Waals surface area contributed by atoms with Crippen molar-refractivity contribution in [1.82, 2.24) is 10.6 Å². The summed E-state index contributed by atoms with van der Waals surface area (Å²) in [6, 6.07) is 8.04. The molecule has 0 aliphatic rings. The van der Waals surface area contributed by atoms with Crippen molar-refractivity contribution in [3.63, 3.8) is 0 Å². The van der Waals surface area contributed by atoms with E-state index >= 15 is 0 Å². The van der Waals surface area contributed by atoms with E-state index in [-0.39, 0.29) is 12.8 Å². The summed E-state index contributed by atoms with van der Waals surface area (Å²) in [6.07, 6.45) is 0.819. The number of nitrogens with one attached hydrogen (secondary N) is 2. The van der Waals surface area contributed by atoms with E-state index in [4.69, 9.17) is 9.47 Å². The average molecular weight is 266 g/mol. The van der Waals surface area contributed by atoms with E-state index in [9.17, 15) is 4.79 Å². The van der Waals surface area contributed by atoms with Gasteiger partial charge in [0.2, 0.25) is 0 Å². The second-order valence-electron chi connectivity index (χ2n) is 4.22. The first-order valence-corrected chi connectivity index (χ1v) is 6.36. The molecule has 106 valence electrons. The van der Waals surface area contributed by atoms with Crippen LogP contribution in [0.25, 0.3) is 0 Å². The maximum Gasteiger partial charge on any atom is 0.316 e. The molecule has 2 amide bonds. The molecular formula is C14H22N2O3. The van der Waals surface area contributed by atoms with E-state index in [1.165, 1.54) is 11.1 Å². The molecule has 1 aromatic carbocycles. The van der Waals surface area contributed by atoms with Gasteiger partial charge in [-0.2, -0.15) is 0 Å². The van der Waals surface area contributed by atoms with Gasteiger partial charge in [0.25, 0.3) is 0 Å². The Hall–Kier alpha value is -1.59. The Morgan fingerprint density at radius 2 is 2.11 bits per heavy atom. The number of carbonyl (C=O) groups excluding carboxylic acids is 1. The normalized spacial score (nSPS) is 10.2. The molecule has 0 saturated heterocycles. The van der Waals surface area contributed by atoms with Gasteiger partial charge in [-0.1, -0.05) is 29.8 Å². The van der Waals surface area contributed by atoms with Crippen LogP contribution in [0.3, 0.4) is 0 Å². The topological polar surface area (TPSA) is 59.6 Å². The summed E-state index contributed by atoms with van der Waals surface area (Å²) < 4.78 is 9.95. The van der Waals surface area contributed by atoms with E-state index in [0.29, 0.717) is 19.8 Å². The van der Waals surface area contributed by atoms with E-state index in [1.54, 1.807) is 7.11 Å². The van der Waals surface area contributed by atoms with Crippen LogP contribution in [-0.2, 0) is 15.9 Å². The van der Waals surface area contributed by atoms with Gasteiger partial charge in [0, 0.05) is 13.7 Å². The third kappa shape index (κ3) is 7.43. The predicted molar refractivity (Wildman–Crippen MR) is 74.1 cm³/mol. The minimum atomic E-state index is -0.218. The van der Waals surface area contributed by atoms with Crippen molar-refractivity contribution >= 4 is 6.03 Å². The van der Waals surface area contributed by atoms with Crippen molar-refractivity contribution in [2.45, 2.75) is 13.3 Å². The van der Waals surface area contributed by atoms with Gasteiger partial charge in [-0.15, -0.1) is 0 Å². The van der Waals surface area contributed by atoms with Crippen LogP contribution >= 0.6 is 0 Å². The molecule has 0 saturated carbocycles. The first-order chi connectivity index (χ1) is 9.22. The number of carbonyl (C=O) groups is 1. The van der Waals surface area contributed by atoms with Gasteiger partial charge in [-0.05, 0) is 18.9 Å². The molecule has 5 heteroatoms. The first-order valence-electron chi connectivity index (χ1n) is 6.36. The molecular weight excluding hydrogens is 244 g/mol. The number of urea groups is 1. The smallest absolute Gasteiger partial charge is 0.316 e. The first kappa shape index (κ1) is 15.5. The fourth-order valence-corrected chi connectivity index (χ4v) is 1.58. The summed E-state index contributed by atoms with van der Waals surface area (Å²) >= 11 is 0. The quantitative estimate of drug-likeness (QED) is 0.553. The summed E-state index contributed by atoms with van der Waals surface area (Å²) in [5, 5.41) is 5.39. The van der Waals surface area contributed by atoms with Gasteiger partial charge in [-0.3, -0.25) is 0 Å². The number of aryl methyl sites for hydroxylation is 1. The van der Waals surface area contributed by atoms with Gasteiger partial charge in [0.05, 0.1) is 13.2 Å². The Bertz CT molecular complexity index is 383. The van der Waals surface area contributed by atoms with Crippen molar-refractivity contribution in [2.24, 2.45) is 0 Å². The molecule has 0 spiro atoms. The van der Waals surface area contributed by atoms with Crippen molar-refractivity contribution in [3.05, 3.63) is 35.4 Å². The van der Waals surface area contributed by atoms with Gasteiger partial charge in [0.1, 0.15) is 6.73 Å². The maximum absolute atomic E-state index is 11.4. The summed E-state index contributed by atoms with van der Waals surface area (Å²) in [5.41, 5.74) is 2.45. The molecule has 0 aliphatic heterocycles. The summed E-state index contributed by atoms with van der Waals surface area (Å²) in [6.45, 7) is 3.85. The Balaban J connectivity index is 2.07. The number of benzene rings is 1. The molecule has 0 fully saturated rings. The number of methoxy groups -OCH3 is 1. The molecule has 5 nitrogen and oxygen atoms in total. The lowest BCUT2D eigenvalue weighted by molar-refractivity contribution is 0.0643. The molecule has 0 bridgehead atoms. The Labute approximate surface area is 114 Å². The fraction of sp³-hybridized carbons (Fsp3) is 0.500. The highest BCUT2D eigenvalue weighted by atomic mass is 16.5. The number of hydrogen-bond donors (Lipinski definition) is 2. The van der Waals surface area contributed by atoms with Crippen LogP contribution in [0.1, 0.15) is 11.1 Å². The third-order valence-corrected chi connectivity index (χ3v) is 2.55. The molecule has 0 aliphatic carbocycles. The molecule has 19 heavy (non-hydrogen) atoms. The standard InChI is InChI=1S/C14H22N2O3/c1-12-4-3-5-13(10-12)6-7-15-14(17)16-11-19-9-8-18-2/h3-5,10H,6-9,11H2,1-2H3,(H2,15,16,17). The minimum absolute atomic E-state index is 0.194. The summed E-state index contributed by atoms with van der Waals surface area (Å²) in [7, 11) is 1.61. The van der Waals surface area contributed by atoms with Crippen molar-refractivity contribution < 1.29 is 14.3 Å². The van der Waals surface area contributed by atoms with Gasteiger partial charge in [0.15, 0.2) is 0 Å². The third-order valence-electron chi connectivity index (χ3n) is 2.55. The SMILES string of the molecule is COCCOCNC(=O)NCCc1cccc(C)c1. The Morgan fingerprint density at radius 1 is 1.26 bits per heavy atom. The summed E-state index contributed by atoms with van der Waals surface area (Å²) in [5.74, 6) is 0. The molecule has 1 aromatic rings. The lowest BCUT2D eigenvalue weighted by Crippen LogP contribution is -2.38. The van der Waals surface area contributed by atoms with Crippen LogP contribution in [0.4, 0.5) is 4.79 Å². The van der Waals surface area contributed by atoms with Crippen LogP contribution in [-0.4, -0.2) is 39.6 Å². The van der Waals surface area contributed by atoms with Crippen molar-refractivity contribution in [3.8, 4) is 0 Å². The molecule has 0 aromatic heterocycles. The van der Waals surface area contributed by atoms with Crippen LogP contribution in [0.5, 0.6) is 0 Å². The predicted octanol–water partition coefficient (Wildman–Crippen LogP) is 1.46. The zero-order valence-electron chi connectivity index (χ0n) is 11.6. The number of hydrogen-bond acceptors (Lipinski definition) is 3. The van der Waals surface area contributed by atoms with E-state index in [2.05, 4.69) is 35.8 Å². The van der Waals surface area contributed by atoms with Crippen molar-refractivity contribution in [1.29, 1.82) is 0 Å². The van der Waals surface area contributed by atoms with Gasteiger partial charge in [-0.25, -0.2) is 4.79 Å². The van der Waals surface area contributed by atoms with E-state index in [1.807, 2.05) is 6.07 Å². The number of rotatable bonds is 8. The minimum Gasteiger partial charge on any atom is -0.382 e. The van der Waals surface area contributed by atoms with E-state index < -0.39 is 0 Å². The highest BCUT2D eigenvalue weighted by molar-refractivity contribution is 5.73. The molecule has 0 unspecified atom stereocenters. The second-order valence-corrected chi connectivity index (χ2v) is 4.22. The zero-order valence-corrected chi connectivity index (χ0v) is 11.6. The molecule has 0 atom stereocenters. The average Bonchev–Trinajstić information content (AvgIpc) is 2.38. The molecule has 1 rings (SSSR count). The zero-order chi connectivity index (χ0) is 13.9. The lowest BCUT2D eigenvalue weighted by Gasteiger charge is -2.08. The lowest BCUT2D eigenvalue weighted by atomic mass is 10.1. The Morgan fingerprint density at radius 3 is 2.84 bits per heavy atom. The highest BCUT2D eigenvalue weighted by Gasteiger charge is 1.99. The highest BCUT2D eigenvalue weighted by Crippen LogP contribution is 2.03. The molecule has 0 radical (unpaired) electrons. The van der Waals surface area contributed by atoms with Crippen LogP contribution in [0.2, 0.25) is 0 Å². The molecule has 2 N–H and O–H groups in total. The van der Waals surface area contributed by atoms with Crippen LogP contribution in [0.15, 0.2) is 24.3 Å². The fourth-order valence-electron chi connectivity index (χ4n) is 1.58. The number of amides is 2. The Kier molecular flexibility index (Phi) is 7.62. The van der Waals surface area contributed by atoms with E-state index in [0.717, 1.165) is 6.42 Å².